The average molecular weight is 522 g/mol. The summed E-state index contributed by atoms with van der Waals surface area (Å²) < 4.78 is 30.5. The number of anilines is 1. The number of nitrogens with two attached hydrogens (primary N) is 1. The number of hydrogen-bond donors (Lipinski definition) is 2. The second-order valence-corrected chi connectivity index (χ2v) is 9.40. The molecule has 0 aliphatic carbocycles. The Balaban J connectivity index is 1.79. The number of amides is 2. The predicted molar refractivity (Wildman–Crippen MR) is 130 cm³/mol. The molecule has 0 atom stereocenters. The number of fused-ring (bicyclic) bond motifs is 1. The minimum absolute atomic E-state index is 0.0178. The first kappa shape index (κ1) is 24.7. The van der Waals surface area contributed by atoms with Crippen molar-refractivity contribution in [2.75, 3.05) is 5.32 Å². The van der Waals surface area contributed by atoms with Gasteiger partial charge < -0.3 is 11.1 Å². The van der Waals surface area contributed by atoms with Gasteiger partial charge in [0.05, 0.1) is 34.8 Å². The number of nitrogens with zero attached hydrogens (tertiary/aromatic N) is 5. The van der Waals surface area contributed by atoms with E-state index in [0.717, 1.165) is 17.0 Å². The van der Waals surface area contributed by atoms with E-state index in [2.05, 4.69) is 20.5 Å². The van der Waals surface area contributed by atoms with Gasteiger partial charge in [0.1, 0.15) is 15.4 Å². The molecule has 0 radical (unpaired) electrons. The molecule has 9 nitrogen and oxygen atoms in total. The van der Waals surface area contributed by atoms with Crippen molar-refractivity contribution in [1.82, 2.24) is 24.5 Å². The second-order valence-electron chi connectivity index (χ2n) is 8.02. The molecule has 35 heavy (non-hydrogen) atoms. The monoisotopic (exact) mass is 521 g/mol. The van der Waals surface area contributed by atoms with Gasteiger partial charge >= 0.3 is 0 Å². The first-order valence-corrected chi connectivity index (χ1v) is 11.7. The third kappa shape index (κ3) is 4.50. The molecule has 0 bridgehead atoms. The standard InChI is InChI=1S/C22H22ClF2N7O2S/c1-9-17(23)11(3)32(30-9)6-5-15(33)29-18-16-12(13-8-27-31(4)10(13)2)7-14(20(24)25)28-22(16)35-19(18)21(26)34/h7-8,20H,5-6H2,1-4H3,(H2,26,34)(H,29,33). The molecule has 3 N–H and O–H groups in total. The van der Waals surface area contributed by atoms with Crippen LogP contribution in [-0.2, 0) is 18.4 Å². The van der Waals surface area contributed by atoms with Crippen molar-refractivity contribution < 1.29 is 18.4 Å². The van der Waals surface area contributed by atoms with Crippen molar-refractivity contribution in [2.45, 2.75) is 40.2 Å². The maximum atomic E-state index is 13.6. The Morgan fingerprint density at radius 1 is 1.23 bits per heavy atom. The van der Waals surface area contributed by atoms with Gasteiger partial charge in [-0.2, -0.15) is 10.2 Å². The van der Waals surface area contributed by atoms with Crippen LogP contribution in [0.2, 0.25) is 5.02 Å². The summed E-state index contributed by atoms with van der Waals surface area (Å²) in [5, 5.41) is 12.1. The van der Waals surface area contributed by atoms with Crippen LogP contribution in [0, 0.1) is 20.8 Å². The Kier molecular flexibility index (Phi) is 6.60. The Morgan fingerprint density at radius 3 is 2.49 bits per heavy atom. The lowest BCUT2D eigenvalue weighted by atomic mass is 10.0. The summed E-state index contributed by atoms with van der Waals surface area (Å²) in [6.07, 6.45) is -1.27. The summed E-state index contributed by atoms with van der Waals surface area (Å²) >= 11 is 7.03. The second kappa shape index (κ2) is 9.34. The number of alkyl halides is 2. The quantitative estimate of drug-likeness (QED) is 0.370. The van der Waals surface area contributed by atoms with Crippen LogP contribution >= 0.6 is 22.9 Å². The highest BCUT2D eigenvalue weighted by molar-refractivity contribution is 7.21. The minimum atomic E-state index is -2.83. The van der Waals surface area contributed by atoms with E-state index < -0.39 is 23.9 Å². The highest BCUT2D eigenvalue weighted by atomic mass is 35.5. The molecule has 0 aromatic carbocycles. The number of pyridine rings is 1. The van der Waals surface area contributed by atoms with Crippen molar-refractivity contribution in [1.29, 1.82) is 0 Å². The summed E-state index contributed by atoms with van der Waals surface area (Å²) in [5.74, 6) is -1.22. The van der Waals surface area contributed by atoms with Gasteiger partial charge in [0, 0.05) is 30.1 Å². The van der Waals surface area contributed by atoms with Crippen LogP contribution in [0.4, 0.5) is 14.5 Å². The van der Waals surface area contributed by atoms with Crippen molar-refractivity contribution in [3.63, 3.8) is 0 Å². The van der Waals surface area contributed by atoms with E-state index in [0.29, 0.717) is 32.9 Å². The minimum Gasteiger partial charge on any atom is -0.365 e. The van der Waals surface area contributed by atoms with Crippen LogP contribution in [0.5, 0.6) is 0 Å². The Bertz CT molecular complexity index is 1470. The van der Waals surface area contributed by atoms with Gasteiger partial charge in [-0.1, -0.05) is 11.6 Å². The molecule has 0 unspecified atom stereocenters. The zero-order valence-corrected chi connectivity index (χ0v) is 20.9. The number of nitrogens with one attached hydrogen (secondary N) is 1. The predicted octanol–water partition coefficient (Wildman–Crippen LogP) is 4.54. The molecular formula is C22H22ClF2N7O2S. The summed E-state index contributed by atoms with van der Waals surface area (Å²) in [5.41, 5.74) is 8.31. The number of aryl methyl sites for hydroxylation is 3. The Hall–Kier alpha value is -3.38. The first-order chi connectivity index (χ1) is 16.5. The van der Waals surface area contributed by atoms with E-state index in [1.54, 1.807) is 43.4 Å². The summed E-state index contributed by atoms with van der Waals surface area (Å²) in [7, 11) is 1.72. The van der Waals surface area contributed by atoms with E-state index in [4.69, 9.17) is 17.3 Å². The lowest BCUT2D eigenvalue weighted by Gasteiger charge is -2.11. The van der Waals surface area contributed by atoms with Gasteiger partial charge in [-0.15, -0.1) is 11.3 Å². The average Bonchev–Trinajstić information content (AvgIpc) is 3.42. The third-order valence-electron chi connectivity index (χ3n) is 5.76. The van der Waals surface area contributed by atoms with Crippen molar-refractivity contribution in [2.24, 2.45) is 12.8 Å². The normalized spacial score (nSPS) is 11.5. The molecule has 184 valence electrons. The number of primary amides is 1. The van der Waals surface area contributed by atoms with Crippen LogP contribution in [-0.4, -0.2) is 36.4 Å². The maximum Gasteiger partial charge on any atom is 0.280 e. The molecule has 13 heteroatoms. The molecule has 0 fully saturated rings. The van der Waals surface area contributed by atoms with E-state index >= 15 is 0 Å². The highest BCUT2D eigenvalue weighted by Gasteiger charge is 2.26. The molecule has 4 aromatic rings. The van der Waals surface area contributed by atoms with E-state index in [1.165, 1.54) is 6.07 Å². The van der Waals surface area contributed by atoms with Crippen molar-refractivity contribution >= 4 is 50.7 Å². The first-order valence-electron chi connectivity index (χ1n) is 10.5. The lowest BCUT2D eigenvalue weighted by Crippen LogP contribution is -2.18. The summed E-state index contributed by atoms with van der Waals surface area (Å²) in [6.45, 7) is 5.61. The molecule has 2 amide bonds. The molecule has 0 saturated carbocycles. The summed E-state index contributed by atoms with van der Waals surface area (Å²) in [4.78, 5) is 29.4. The number of aromatic nitrogens is 5. The molecular weight excluding hydrogens is 500 g/mol. The highest BCUT2D eigenvalue weighted by Crippen LogP contribution is 2.43. The number of hydrogen-bond acceptors (Lipinski definition) is 6. The number of carbonyl (C=O) groups excluding carboxylic acids is 2. The molecule has 4 aromatic heterocycles. The van der Waals surface area contributed by atoms with Crippen LogP contribution in [0.15, 0.2) is 12.3 Å². The zero-order chi connectivity index (χ0) is 25.6. The van der Waals surface area contributed by atoms with Crippen LogP contribution in [0.25, 0.3) is 21.3 Å². The Morgan fingerprint density at radius 2 is 1.94 bits per heavy atom. The molecule has 0 aliphatic heterocycles. The zero-order valence-electron chi connectivity index (χ0n) is 19.3. The largest absolute Gasteiger partial charge is 0.365 e. The number of rotatable bonds is 7. The topological polar surface area (TPSA) is 121 Å². The smallest absolute Gasteiger partial charge is 0.280 e. The molecule has 0 saturated heterocycles. The van der Waals surface area contributed by atoms with Gasteiger partial charge in [0.2, 0.25) is 5.91 Å². The van der Waals surface area contributed by atoms with Crippen LogP contribution in [0.1, 0.15) is 45.3 Å². The fourth-order valence-electron chi connectivity index (χ4n) is 3.80. The SMILES string of the molecule is Cc1nn(CCC(=O)Nc2c(C(N)=O)sc3nc(C(F)F)cc(-c4cnn(C)c4C)c23)c(C)c1Cl. The van der Waals surface area contributed by atoms with Crippen molar-refractivity contribution in [3.05, 3.63) is 44.9 Å². The Labute approximate surface area is 207 Å². The van der Waals surface area contributed by atoms with E-state index in [-0.39, 0.29) is 28.4 Å². The van der Waals surface area contributed by atoms with E-state index in [1.807, 2.05) is 0 Å². The van der Waals surface area contributed by atoms with E-state index in [9.17, 15) is 18.4 Å². The number of halogens is 3. The maximum absolute atomic E-state index is 13.6. The van der Waals surface area contributed by atoms with Crippen molar-refractivity contribution in [3.8, 4) is 11.1 Å². The third-order valence-corrected chi connectivity index (χ3v) is 7.41. The van der Waals surface area contributed by atoms with Gasteiger partial charge in [-0.25, -0.2) is 13.8 Å². The number of thiophene rings is 1. The molecule has 0 spiro atoms. The molecule has 0 aliphatic rings. The fourth-order valence-corrected chi connectivity index (χ4v) is 4.95. The molecule has 4 heterocycles. The van der Waals surface area contributed by atoms with Gasteiger partial charge in [0.15, 0.2) is 0 Å². The lowest BCUT2D eigenvalue weighted by molar-refractivity contribution is -0.116. The number of carbonyl (C=O) groups is 2. The molecule has 4 rings (SSSR count). The summed E-state index contributed by atoms with van der Waals surface area (Å²) in [6, 6.07) is 1.25. The fraction of sp³-hybridized carbons (Fsp3) is 0.318. The van der Waals surface area contributed by atoms with Crippen LogP contribution < -0.4 is 11.1 Å². The van der Waals surface area contributed by atoms with Gasteiger partial charge in [-0.3, -0.25) is 19.0 Å². The van der Waals surface area contributed by atoms with Gasteiger partial charge in [0.25, 0.3) is 12.3 Å². The van der Waals surface area contributed by atoms with Gasteiger partial charge in [-0.05, 0) is 32.4 Å². The van der Waals surface area contributed by atoms with Crippen LogP contribution in [0.3, 0.4) is 0 Å².